The first-order chi connectivity index (χ1) is 10.2. The van der Waals surface area contributed by atoms with Crippen molar-refractivity contribution in [3.05, 3.63) is 47.0 Å². The fourth-order valence-electron chi connectivity index (χ4n) is 2.28. The predicted molar refractivity (Wildman–Crippen MR) is 85.5 cm³/mol. The highest BCUT2D eigenvalue weighted by Crippen LogP contribution is 2.31. The van der Waals surface area contributed by atoms with Crippen molar-refractivity contribution in [2.45, 2.75) is 6.42 Å². The number of para-hydroxylation sites is 1. The highest BCUT2D eigenvalue weighted by atomic mass is 35.5. The molecule has 1 heterocycles. The summed E-state index contributed by atoms with van der Waals surface area (Å²) in [6.07, 6.45) is 0.864. The number of anilines is 2. The normalized spacial score (nSPS) is 13.0. The molecule has 3 rings (SSSR count). The number of hydrogen-bond acceptors (Lipinski definition) is 4. The van der Waals surface area contributed by atoms with Crippen molar-refractivity contribution < 1.29 is 9.47 Å². The third-order valence-electron chi connectivity index (χ3n) is 3.39. The molecule has 0 fully saturated rings. The van der Waals surface area contributed by atoms with Gasteiger partial charge in [0, 0.05) is 6.54 Å². The first-order valence-corrected chi connectivity index (χ1v) is 7.28. The number of fused-ring (bicyclic) bond motifs is 1. The van der Waals surface area contributed by atoms with Crippen molar-refractivity contribution in [1.82, 2.24) is 0 Å². The van der Waals surface area contributed by atoms with Crippen LogP contribution < -0.4 is 20.5 Å². The summed E-state index contributed by atoms with van der Waals surface area (Å²) in [6.45, 7) is 1.99. The Hall–Kier alpha value is -2.07. The van der Waals surface area contributed by atoms with E-state index in [1.165, 1.54) is 5.56 Å². The number of nitrogen functional groups attached to an aromatic ring is 1. The average Bonchev–Trinajstić information content (AvgIpc) is 2.51. The number of ether oxygens (including phenoxy) is 2. The minimum Gasteiger partial charge on any atom is -0.486 e. The second-order valence-electron chi connectivity index (χ2n) is 4.86. The highest BCUT2D eigenvalue weighted by molar-refractivity contribution is 6.33. The maximum Gasteiger partial charge on any atom is 0.161 e. The summed E-state index contributed by atoms with van der Waals surface area (Å²) in [4.78, 5) is 0. The average molecular weight is 305 g/mol. The second kappa shape index (κ2) is 6.14. The van der Waals surface area contributed by atoms with E-state index in [4.69, 9.17) is 26.8 Å². The van der Waals surface area contributed by atoms with Crippen molar-refractivity contribution >= 4 is 23.0 Å². The third-order valence-corrected chi connectivity index (χ3v) is 3.72. The summed E-state index contributed by atoms with van der Waals surface area (Å²) < 4.78 is 11.1. The van der Waals surface area contributed by atoms with Crippen LogP contribution in [-0.4, -0.2) is 19.8 Å². The molecule has 1 aliphatic heterocycles. The van der Waals surface area contributed by atoms with Crippen molar-refractivity contribution in [3.63, 3.8) is 0 Å². The first-order valence-electron chi connectivity index (χ1n) is 6.90. The van der Waals surface area contributed by atoms with Gasteiger partial charge in [-0.2, -0.15) is 0 Å². The summed E-state index contributed by atoms with van der Waals surface area (Å²) in [5.74, 6) is 1.64. The SMILES string of the molecule is Nc1c(Cl)cccc1NCCc1ccc2c(c1)OCCO2. The van der Waals surface area contributed by atoms with Crippen LogP contribution in [0.3, 0.4) is 0 Å². The van der Waals surface area contributed by atoms with Crippen LogP contribution in [0.1, 0.15) is 5.56 Å². The molecule has 5 heteroatoms. The fourth-order valence-corrected chi connectivity index (χ4v) is 2.45. The molecule has 0 unspecified atom stereocenters. The molecule has 21 heavy (non-hydrogen) atoms. The maximum atomic E-state index is 5.99. The summed E-state index contributed by atoms with van der Waals surface area (Å²) in [6, 6.07) is 11.6. The Morgan fingerprint density at radius 2 is 1.90 bits per heavy atom. The Morgan fingerprint density at radius 3 is 2.76 bits per heavy atom. The maximum absolute atomic E-state index is 5.99. The van der Waals surface area contributed by atoms with Crippen LogP contribution in [0.2, 0.25) is 5.02 Å². The number of hydrogen-bond donors (Lipinski definition) is 2. The minimum atomic E-state index is 0.569. The van der Waals surface area contributed by atoms with Crippen LogP contribution in [0.15, 0.2) is 36.4 Å². The van der Waals surface area contributed by atoms with E-state index in [1.807, 2.05) is 24.3 Å². The van der Waals surface area contributed by atoms with Gasteiger partial charge in [-0.25, -0.2) is 0 Å². The molecule has 110 valence electrons. The summed E-state index contributed by atoms with van der Waals surface area (Å²) in [5, 5.41) is 3.87. The van der Waals surface area contributed by atoms with E-state index in [-0.39, 0.29) is 0 Å². The lowest BCUT2D eigenvalue weighted by Gasteiger charge is -2.19. The number of benzene rings is 2. The quantitative estimate of drug-likeness (QED) is 0.851. The first kappa shape index (κ1) is 13.9. The fraction of sp³-hybridized carbons (Fsp3) is 0.250. The predicted octanol–water partition coefficient (Wildman–Crippen LogP) is 3.35. The number of rotatable bonds is 4. The van der Waals surface area contributed by atoms with Crippen molar-refractivity contribution in [2.24, 2.45) is 0 Å². The smallest absolute Gasteiger partial charge is 0.161 e. The van der Waals surface area contributed by atoms with Gasteiger partial charge in [0.15, 0.2) is 11.5 Å². The van der Waals surface area contributed by atoms with Gasteiger partial charge in [0.25, 0.3) is 0 Å². The van der Waals surface area contributed by atoms with Crippen LogP contribution in [0, 0.1) is 0 Å². The van der Waals surface area contributed by atoms with Crippen LogP contribution in [-0.2, 0) is 6.42 Å². The molecular weight excluding hydrogens is 288 g/mol. The topological polar surface area (TPSA) is 56.5 Å². The van der Waals surface area contributed by atoms with E-state index in [0.717, 1.165) is 30.2 Å². The monoisotopic (exact) mass is 304 g/mol. The Morgan fingerprint density at radius 1 is 1.10 bits per heavy atom. The number of halogens is 1. The van der Waals surface area contributed by atoms with Gasteiger partial charge in [0.1, 0.15) is 13.2 Å². The molecule has 1 aliphatic rings. The van der Waals surface area contributed by atoms with Crippen molar-refractivity contribution in [1.29, 1.82) is 0 Å². The zero-order valence-electron chi connectivity index (χ0n) is 11.6. The van der Waals surface area contributed by atoms with E-state index in [9.17, 15) is 0 Å². The van der Waals surface area contributed by atoms with E-state index in [1.54, 1.807) is 6.07 Å². The molecule has 0 bridgehead atoms. The molecule has 0 atom stereocenters. The lowest BCUT2D eigenvalue weighted by Crippen LogP contribution is -2.15. The van der Waals surface area contributed by atoms with Crippen LogP contribution in [0.25, 0.3) is 0 Å². The molecule has 4 nitrogen and oxygen atoms in total. The van der Waals surface area contributed by atoms with Crippen LogP contribution in [0.4, 0.5) is 11.4 Å². The Balaban J connectivity index is 1.61. The molecular formula is C16H17ClN2O2. The van der Waals surface area contributed by atoms with E-state index in [0.29, 0.717) is 23.9 Å². The van der Waals surface area contributed by atoms with Gasteiger partial charge in [-0.05, 0) is 36.2 Å². The molecule has 0 aliphatic carbocycles. The zero-order chi connectivity index (χ0) is 14.7. The Bertz CT molecular complexity index is 646. The van der Waals surface area contributed by atoms with Crippen LogP contribution in [0.5, 0.6) is 11.5 Å². The van der Waals surface area contributed by atoms with Gasteiger partial charge >= 0.3 is 0 Å². The second-order valence-corrected chi connectivity index (χ2v) is 5.26. The van der Waals surface area contributed by atoms with E-state index in [2.05, 4.69) is 11.4 Å². The van der Waals surface area contributed by atoms with E-state index < -0.39 is 0 Å². The summed E-state index contributed by atoms with van der Waals surface area (Å²) in [5.41, 5.74) is 8.56. The molecule has 0 aromatic heterocycles. The van der Waals surface area contributed by atoms with E-state index >= 15 is 0 Å². The molecule has 0 saturated heterocycles. The van der Waals surface area contributed by atoms with Gasteiger partial charge in [-0.1, -0.05) is 23.7 Å². The standard InChI is InChI=1S/C16H17ClN2O2/c17-12-2-1-3-13(16(12)18)19-7-6-11-4-5-14-15(10-11)21-9-8-20-14/h1-5,10,19H,6-9,18H2. The molecule has 3 N–H and O–H groups in total. The molecule has 0 saturated carbocycles. The lowest BCUT2D eigenvalue weighted by molar-refractivity contribution is 0.171. The molecule has 2 aromatic rings. The van der Waals surface area contributed by atoms with Gasteiger partial charge in [-0.15, -0.1) is 0 Å². The van der Waals surface area contributed by atoms with Gasteiger partial charge in [0.2, 0.25) is 0 Å². The summed E-state index contributed by atoms with van der Waals surface area (Å²) in [7, 11) is 0. The van der Waals surface area contributed by atoms with Crippen molar-refractivity contribution in [3.8, 4) is 11.5 Å². The number of nitrogens with one attached hydrogen (secondary N) is 1. The van der Waals surface area contributed by atoms with Gasteiger partial charge < -0.3 is 20.5 Å². The van der Waals surface area contributed by atoms with Crippen molar-refractivity contribution in [2.75, 3.05) is 30.8 Å². The minimum absolute atomic E-state index is 0.569. The van der Waals surface area contributed by atoms with Crippen LogP contribution >= 0.6 is 11.6 Å². The molecule has 0 spiro atoms. The van der Waals surface area contributed by atoms with Gasteiger partial charge in [0.05, 0.1) is 16.4 Å². The molecule has 2 aromatic carbocycles. The molecule has 0 amide bonds. The Labute approximate surface area is 128 Å². The Kier molecular flexibility index (Phi) is 4.06. The highest BCUT2D eigenvalue weighted by Gasteiger charge is 2.11. The number of nitrogens with two attached hydrogens (primary N) is 1. The summed E-state index contributed by atoms with van der Waals surface area (Å²) >= 11 is 5.99. The molecule has 0 radical (unpaired) electrons. The third kappa shape index (κ3) is 3.16. The largest absolute Gasteiger partial charge is 0.486 e. The van der Waals surface area contributed by atoms with Gasteiger partial charge in [-0.3, -0.25) is 0 Å². The lowest BCUT2D eigenvalue weighted by atomic mass is 10.1. The zero-order valence-corrected chi connectivity index (χ0v) is 12.3.